The predicted molar refractivity (Wildman–Crippen MR) is 39.2 cm³/mol. The lowest BCUT2D eigenvalue weighted by Crippen LogP contribution is -2.17. The van der Waals surface area contributed by atoms with Crippen LogP contribution in [0.4, 0.5) is 8.78 Å². The van der Waals surface area contributed by atoms with E-state index in [4.69, 9.17) is 5.73 Å². The Hall–Kier alpha value is -0.0900. The van der Waals surface area contributed by atoms with Gasteiger partial charge in [-0.05, 0) is 12.8 Å². The predicted octanol–water partition coefficient (Wildman–Crippen LogP) is 1.56. The normalized spacial score (nSPS) is 33.0. The Labute approximate surface area is 63.7 Å². The molecule has 58 valence electrons. The van der Waals surface area contributed by atoms with Crippen molar-refractivity contribution < 1.29 is 8.78 Å². The van der Waals surface area contributed by atoms with Gasteiger partial charge in [-0.3, -0.25) is 0 Å². The van der Waals surface area contributed by atoms with Gasteiger partial charge in [-0.1, -0.05) is 0 Å². The fourth-order valence-electron chi connectivity index (χ4n) is 1.14. The maximum atomic E-state index is 11.9. The van der Waals surface area contributed by atoms with Crippen molar-refractivity contribution >= 4 is 12.6 Å². The molecule has 0 bridgehead atoms. The van der Waals surface area contributed by atoms with Gasteiger partial charge < -0.3 is 5.73 Å². The zero-order valence-corrected chi connectivity index (χ0v) is 6.24. The van der Waals surface area contributed by atoms with Crippen LogP contribution >= 0.6 is 12.6 Å². The Morgan fingerprint density at radius 1 is 1.60 bits per heavy atom. The summed E-state index contributed by atoms with van der Waals surface area (Å²) in [6, 6.07) is -0.465. The summed E-state index contributed by atoms with van der Waals surface area (Å²) in [5.41, 5.74) is 5.47. The number of rotatable bonds is 0. The van der Waals surface area contributed by atoms with E-state index in [0.29, 0.717) is 12.8 Å². The van der Waals surface area contributed by atoms with Crippen LogP contribution in [0.25, 0.3) is 0 Å². The van der Waals surface area contributed by atoms with Crippen molar-refractivity contribution in [1.82, 2.24) is 0 Å². The quantitative estimate of drug-likeness (QED) is 0.523. The zero-order chi connectivity index (χ0) is 7.72. The van der Waals surface area contributed by atoms with Gasteiger partial charge in [0.1, 0.15) is 0 Å². The van der Waals surface area contributed by atoms with Gasteiger partial charge in [-0.2, -0.15) is 21.4 Å². The first-order chi connectivity index (χ1) is 4.61. The van der Waals surface area contributed by atoms with E-state index in [2.05, 4.69) is 12.6 Å². The zero-order valence-electron chi connectivity index (χ0n) is 5.35. The molecule has 0 heterocycles. The molecule has 0 spiro atoms. The molecule has 2 N–H and O–H groups in total. The molecule has 10 heavy (non-hydrogen) atoms. The lowest BCUT2D eigenvalue weighted by molar-refractivity contribution is 0.405. The molecule has 1 aliphatic carbocycles. The van der Waals surface area contributed by atoms with Crippen molar-refractivity contribution in [2.75, 3.05) is 0 Å². The minimum atomic E-state index is -1.62. The molecule has 1 rings (SSSR count). The van der Waals surface area contributed by atoms with Crippen LogP contribution in [0.3, 0.4) is 0 Å². The summed E-state index contributed by atoms with van der Waals surface area (Å²) in [7, 11) is 0. The van der Waals surface area contributed by atoms with Gasteiger partial charge in [0, 0.05) is 16.9 Å². The van der Waals surface area contributed by atoms with E-state index >= 15 is 0 Å². The number of halogens is 2. The molecule has 0 amide bonds. The first-order valence-corrected chi connectivity index (χ1v) is 3.60. The van der Waals surface area contributed by atoms with E-state index in [-0.39, 0.29) is 10.8 Å². The van der Waals surface area contributed by atoms with Crippen molar-refractivity contribution in [3.05, 3.63) is 11.7 Å². The Kier molecular flexibility index (Phi) is 2.31. The van der Waals surface area contributed by atoms with Crippen LogP contribution in [0.5, 0.6) is 0 Å². The first kappa shape index (κ1) is 8.01. The van der Waals surface area contributed by atoms with E-state index in [1.54, 1.807) is 0 Å². The van der Waals surface area contributed by atoms with E-state index in [9.17, 15) is 8.78 Å². The highest BCUT2D eigenvalue weighted by molar-refractivity contribution is 7.81. The summed E-state index contributed by atoms with van der Waals surface area (Å²) < 4.78 is 23.9. The van der Waals surface area contributed by atoms with Gasteiger partial charge >= 0.3 is 0 Å². The average molecular weight is 165 g/mol. The van der Waals surface area contributed by atoms with Crippen molar-refractivity contribution in [3.8, 4) is 0 Å². The second kappa shape index (κ2) is 2.88. The molecule has 0 radical (unpaired) electrons. The van der Waals surface area contributed by atoms with Crippen LogP contribution in [0.2, 0.25) is 0 Å². The van der Waals surface area contributed by atoms with Gasteiger partial charge in [0.25, 0.3) is 6.08 Å². The summed E-state index contributed by atoms with van der Waals surface area (Å²) in [6.07, 6.45) is -0.716. The van der Waals surface area contributed by atoms with Gasteiger partial charge in [0.15, 0.2) is 0 Å². The maximum Gasteiger partial charge on any atom is 0.271 e. The molecular weight excluding hydrogens is 156 g/mol. The monoisotopic (exact) mass is 165 g/mol. The molecule has 0 aromatic heterocycles. The van der Waals surface area contributed by atoms with Gasteiger partial charge in [0.05, 0.1) is 0 Å². The van der Waals surface area contributed by atoms with Gasteiger partial charge in [-0.25, -0.2) is 0 Å². The van der Waals surface area contributed by atoms with Crippen molar-refractivity contribution in [1.29, 1.82) is 0 Å². The number of hydrogen-bond acceptors (Lipinski definition) is 2. The molecule has 1 aliphatic rings. The minimum Gasteiger partial charge on any atom is -0.324 e. The van der Waals surface area contributed by atoms with Crippen molar-refractivity contribution in [2.45, 2.75) is 24.1 Å². The van der Waals surface area contributed by atoms with Gasteiger partial charge in [-0.15, -0.1) is 0 Å². The van der Waals surface area contributed by atoms with E-state index in [1.807, 2.05) is 0 Å². The molecule has 4 heteroatoms. The van der Waals surface area contributed by atoms with Gasteiger partial charge in [0.2, 0.25) is 0 Å². The Morgan fingerprint density at radius 3 is 2.40 bits per heavy atom. The van der Waals surface area contributed by atoms with Crippen LogP contribution in [0, 0.1) is 0 Å². The second-order valence-electron chi connectivity index (χ2n) is 2.49. The molecule has 0 aliphatic heterocycles. The van der Waals surface area contributed by atoms with E-state index < -0.39 is 12.1 Å². The van der Waals surface area contributed by atoms with Crippen LogP contribution in [-0.4, -0.2) is 11.3 Å². The van der Waals surface area contributed by atoms with E-state index in [1.165, 1.54) is 0 Å². The summed E-state index contributed by atoms with van der Waals surface area (Å²) in [5, 5.41) is 0.0199. The van der Waals surface area contributed by atoms with Crippen LogP contribution in [-0.2, 0) is 0 Å². The third-order valence-electron chi connectivity index (χ3n) is 1.67. The van der Waals surface area contributed by atoms with Crippen LogP contribution < -0.4 is 5.73 Å². The standard InChI is InChI=1S/C6H9F2NS/c7-6(8)4-1-3(10)2-5(4)9/h3,5,10H,1-2,9H2. The maximum absolute atomic E-state index is 11.9. The fraction of sp³-hybridized carbons (Fsp3) is 0.667. The summed E-state index contributed by atoms with van der Waals surface area (Å²) in [5.74, 6) is 0. The lowest BCUT2D eigenvalue weighted by Gasteiger charge is -2.00. The molecule has 2 unspecified atom stereocenters. The highest BCUT2D eigenvalue weighted by Gasteiger charge is 2.27. The SMILES string of the molecule is NC1CC(S)CC1=C(F)F. The second-order valence-corrected chi connectivity index (χ2v) is 3.22. The Bertz CT molecular complexity index is 165. The molecule has 1 nitrogen and oxygen atoms in total. The number of hydrogen-bond donors (Lipinski definition) is 2. The summed E-state index contributed by atoms with van der Waals surface area (Å²) >= 11 is 4.06. The molecule has 0 aromatic rings. The lowest BCUT2D eigenvalue weighted by atomic mass is 10.2. The third kappa shape index (κ3) is 1.49. The molecule has 1 fully saturated rings. The number of thiol groups is 1. The summed E-state index contributed by atoms with van der Waals surface area (Å²) in [4.78, 5) is 0. The van der Waals surface area contributed by atoms with E-state index in [0.717, 1.165) is 0 Å². The van der Waals surface area contributed by atoms with Crippen LogP contribution in [0.15, 0.2) is 11.7 Å². The summed E-state index contributed by atoms with van der Waals surface area (Å²) in [6.45, 7) is 0. The Morgan fingerprint density at radius 2 is 2.20 bits per heavy atom. The van der Waals surface area contributed by atoms with Crippen molar-refractivity contribution in [2.24, 2.45) is 5.73 Å². The molecular formula is C6H9F2NS. The van der Waals surface area contributed by atoms with Crippen LogP contribution in [0.1, 0.15) is 12.8 Å². The molecule has 0 saturated heterocycles. The number of nitrogens with two attached hydrogens (primary N) is 1. The topological polar surface area (TPSA) is 26.0 Å². The first-order valence-electron chi connectivity index (χ1n) is 3.09. The molecule has 2 atom stereocenters. The highest BCUT2D eigenvalue weighted by Crippen LogP contribution is 2.30. The molecule has 1 saturated carbocycles. The average Bonchev–Trinajstić information content (AvgIpc) is 2.10. The largest absolute Gasteiger partial charge is 0.324 e. The smallest absolute Gasteiger partial charge is 0.271 e. The fourth-order valence-corrected chi connectivity index (χ4v) is 1.57. The minimum absolute atomic E-state index is 0.0199. The molecule has 0 aromatic carbocycles. The van der Waals surface area contributed by atoms with Crippen molar-refractivity contribution in [3.63, 3.8) is 0 Å². The Balaban J connectivity index is 2.73. The third-order valence-corrected chi connectivity index (χ3v) is 2.07. The highest BCUT2D eigenvalue weighted by atomic mass is 32.1.